The van der Waals surface area contributed by atoms with Crippen LogP contribution in [0.25, 0.3) is 0 Å². The zero-order chi connectivity index (χ0) is 11.5. The molecule has 0 unspecified atom stereocenters. The highest BCUT2D eigenvalue weighted by molar-refractivity contribution is 9.10. The van der Waals surface area contributed by atoms with Crippen LogP contribution in [0.3, 0.4) is 0 Å². The Hall–Kier alpha value is -1.36. The average molecular weight is 283 g/mol. The van der Waals surface area contributed by atoms with Crippen LogP contribution in [0.2, 0.25) is 0 Å². The van der Waals surface area contributed by atoms with Gasteiger partial charge in [-0.2, -0.15) is 0 Å². The maximum atomic E-state index is 11.5. The van der Waals surface area contributed by atoms with Crippen LogP contribution in [0.5, 0.6) is 0 Å². The molecule has 1 fully saturated rings. The number of carbonyl (C=O) groups is 2. The van der Waals surface area contributed by atoms with E-state index in [2.05, 4.69) is 21.2 Å². The van der Waals surface area contributed by atoms with Crippen molar-refractivity contribution in [2.45, 2.75) is 13.0 Å². The zero-order valence-corrected chi connectivity index (χ0v) is 10.2. The van der Waals surface area contributed by atoms with Crippen LogP contribution in [-0.2, 0) is 11.3 Å². The number of halogens is 1. The molecule has 84 valence electrons. The van der Waals surface area contributed by atoms with Crippen LogP contribution in [0.15, 0.2) is 28.7 Å². The molecular formula is C11H11BrN2O2. The third-order valence-corrected chi connectivity index (χ3v) is 3.24. The van der Waals surface area contributed by atoms with E-state index in [4.69, 9.17) is 0 Å². The molecule has 1 aromatic carbocycles. The molecule has 0 bridgehead atoms. The molecule has 16 heavy (non-hydrogen) atoms. The normalized spacial score (nSPS) is 16.2. The van der Waals surface area contributed by atoms with Crippen LogP contribution in [0.4, 0.5) is 4.79 Å². The minimum absolute atomic E-state index is 0.201. The van der Waals surface area contributed by atoms with E-state index in [0.717, 1.165) is 10.0 Å². The van der Waals surface area contributed by atoms with Crippen molar-refractivity contribution in [2.75, 3.05) is 6.54 Å². The molecule has 0 radical (unpaired) electrons. The number of rotatable bonds is 2. The number of hydrogen-bond donors (Lipinski definition) is 1. The molecule has 1 aliphatic heterocycles. The molecule has 0 aromatic heterocycles. The SMILES string of the molecule is O=C1CCN(Cc2ccccc2Br)C(=O)N1. The smallest absolute Gasteiger partial charge is 0.320 e. The molecular weight excluding hydrogens is 272 g/mol. The Morgan fingerprint density at radius 2 is 2.06 bits per heavy atom. The summed E-state index contributed by atoms with van der Waals surface area (Å²) in [6, 6.07) is 7.42. The first kappa shape index (κ1) is 11.1. The van der Waals surface area contributed by atoms with Crippen molar-refractivity contribution in [1.82, 2.24) is 10.2 Å². The lowest BCUT2D eigenvalue weighted by Gasteiger charge is -2.26. The molecule has 1 aliphatic rings. The summed E-state index contributed by atoms with van der Waals surface area (Å²) in [5, 5.41) is 2.30. The molecule has 1 aromatic rings. The highest BCUT2D eigenvalue weighted by Gasteiger charge is 2.23. The van der Waals surface area contributed by atoms with E-state index in [9.17, 15) is 9.59 Å². The summed E-state index contributed by atoms with van der Waals surface area (Å²) in [4.78, 5) is 24.1. The number of nitrogens with one attached hydrogen (secondary N) is 1. The van der Waals surface area contributed by atoms with E-state index in [1.807, 2.05) is 24.3 Å². The molecule has 1 saturated heterocycles. The molecule has 2 rings (SSSR count). The predicted octanol–water partition coefficient (Wildman–Crippen LogP) is 1.89. The van der Waals surface area contributed by atoms with Gasteiger partial charge in [0.15, 0.2) is 0 Å². The van der Waals surface area contributed by atoms with Gasteiger partial charge in [-0.1, -0.05) is 34.1 Å². The van der Waals surface area contributed by atoms with Crippen LogP contribution in [0.1, 0.15) is 12.0 Å². The Balaban J connectivity index is 2.08. The summed E-state index contributed by atoms with van der Waals surface area (Å²) in [6.07, 6.45) is 0.371. The van der Waals surface area contributed by atoms with Crippen molar-refractivity contribution in [3.05, 3.63) is 34.3 Å². The van der Waals surface area contributed by atoms with Crippen LogP contribution >= 0.6 is 15.9 Å². The summed E-state index contributed by atoms with van der Waals surface area (Å²) in [7, 11) is 0. The van der Waals surface area contributed by atoms with Crippen LogP contribution in [-0.4, -0.2) is 23.4 Å². The van der Waals surface area contributed by atoms with Crippen LogP contribution in [0, 0.1) is 0 Å². The number of urea groups is 1. The van der Waals surface area contributed by atoms with E-state index >= 15 is 0 Å². The summed E-state index contributed by atoms with van der Waals surface area (Å²) in [5.41, 5.74) is 1.03. The Labute approximate surface area is 102 Å². The van der Waals surface area contributed by atoms with Gasteiger partial charge in [0, 0.05) is 24.0 Å². The summed E-state index contributed by atoms with van der Waals surface area (Å²) >= 11 is 3.43. The standard InChI is InChI=1S/C11H11BrN2O2/c12-9-4-2-1-3-8(9)7-14-6-5-10(15)13-11(14)16/h1-4H,5-7H2,(H,13,15,16). The van der Waals surface area contributed by atoms with Gasteiger partial charge < -0.3 is 4.90 Å². The summed E-state index contributed by atoms with van der Waals surface area (Å²) in [6.45, 7) is 0.993. The molecule has 4 nitrogen and oxygen atoms in total. The fourth-order valence-corrected chi connectivity index (χ4v) is 1.99. The van der Waals surface area contributed by atoms with E-state index in [0.29, 0.717) is 19.5 Å². The molecule has 0 atom stereocenters. The van der Waals surface area contributed by atoms with Gasteiger partial charge in [-0.05, 0) is 11.6 Å². The minimum Gasteiger partial charge on any atom is -0.320 e. The average Bonchev–Trinajstić information content (AvgIpc) is 2.25. The maximum Gasteiger partial charge on any atom is 0.324 e. The number of nitrogens with zero attached hydrogens (tertiary/aromatic N) is 1. The van der Waals surface area contributed by atoms with Gasteiger partial charge >= 0.3 is 6.03 Å². The van der Waals surface area contributed by atoms with Gasteiger partial charge in [-0.25, -0.2) is 4.79 Å². The molecule has 3 amide bonds. The lowest BCUT2D eigenvalue weighted by atomic mass is 10.2. The lowest BCUT2D eigenvalue weighted by molar-refractivity contribution is -0.121. The second-order valence-electron chi connectivity index (χ2n) is 3.62. The molecule has 0 spiro atoms. The monoisotopic (exact) mass is 282 g/mol. The number of hydrogen-bond acceptors (Lipinski definition) is 2. The fraction of sp³-hybridized carbons (Fsp3) is 0.273. The minimum atomic E-state index is -0.313. The maximum absolute atomic E-state index is 11.5. The van der Waals surface area contributed by atoms with Gasteiger partial charge in [-0.15, -0.1) is 0 Å². The Kier molecular flexibility index (Phi) is 3.24. The largest absolute Gasteiger partial charge is 0.324 e. The van der Waals surface area contributed by atoms with E-state index in [-0.39, 0.29) is 11.9 Å². The second kappa shape index (κ2) is 4.65. The Morgan fingerprint density at radius 1 is 1.31 bits per heavy atom. The third kappa shape index (κ3) is 2.41. The zero-order valence-electron chi connectivity index (χ0n) is 8.57. The van der Waals surface area contributed by atoms with Gasteiger partial charge in [0.1, 0.15) is 0 Å². The number of benzene rings is 1. The van der Waals surface area contributed by atoms with Crippen molar-refractivity contribution in [1.29, 1.82) is 0 Å². The van der Waals surface area contributed by atoms with Crippen LogP contribution < -0.4 is 5.32 Å². The van der Waals surface area contributed by atoms with Crippen molar-refractivity contribution in [3.63, 3.8) is 0 Å². The quantitative estimate of drug-likeness (QED) is 0.901. The lowest BCUT2D eigenvalue weighted by Crippen LogP contribution is -2.48. The van der Waals surface area contributed by atoms with E-state index < -0.39 is 0 Å². The van der Waals surface area contributed by atoms with Gasteiger partial charge in [0.05, 0.1) is 0 Å². The van der Waals surface area contributed by atoms with E-state index in [1.54, 1.807) is 4.90 Å². The molecule has 1 heterocycles. The van der Waals surface area contributed by atoms with Gasteiger partial charge in [-0.3, -0.25) is 10.1 Å². The molecule has 0 aliphatic carbocycles. The first-order valence-electron chi connectivity index (χ1n) is 4.99. The first-order valence-corrected chi connectivity index (χ1v) is 5.78. The molecule has 5 heteroatoms. The first-order chi connectivity index (χ1) is 7.66. The van der Waals surface area contributed by atoms with Crippen molar-refractivity contribution in [3.8, 4) is 0 Å². The Morgan fingerprint density at radius 3 is 2.75 bits per heavy atom. The highest BCUT2D eigenvalue weighted by atomic mass is 79.9. The second-order valence-corrected chi connectivity index (χ2v) is 4.47. The predicted molar refractivity (Wildman–Crippen MR) is 62.7 cm³/mol. The van der Waals surface area contributed by atoms with E-state index in [1.165, 1.54) is 0 Å². The summed E-state index contributed by atoms with van der Waals surface area (Å²) < 4.78 is 0.972. The Bertz CT molecular complexity index is 434. The number of carbonyl (C=O) groups excluding carboxylic acids is 2. The molecule has 0 saturated carbocycles. The van der Waals surface area contributed by atoms with Crippen molar-refractivity contribution >= 4 is 27.9 Å². The number of imide groups is 1. The highest BCUT2D eigenvalue weighted by Crippen LogP contribution is 2.18. The van der Waals surface area contributed by atoms with Gasteiger partial charge in [0.2, 0.25) is 5.91 Å². The number of amides is 3. The molecule has 1 N–H and O–H groups in total. The topological polar surface area (TPSA) is 49.4 Å². The van der Waals surface area contributed by atoms with Crippen molar-refractivity contribution < 1.29 is 9.59 Å². The van der Waals surface area contributed by atoms with Gasteiger partial charge in [0.25, 0.3) is 0 Å². The fourth-order valence-electron chi connectivity index (χ4n) is 1.58. The van der Waals surface area contributed by atoms with Crippen molar-refractivity contribution in [2.24, 2.45) is 0 Å². The third-order valence-electron chi connectivity index (χ3n) is 2.46. The summed E-state index contributed by atoms with van der Waals surface area (Å²) in [5.74, 6) is -0.201.